The van der Waals surface area contributed by atoms with Crippen molar-refractivity contribution in [2.45, 2.75) is 111 Å². The number of halogens is 1. The number of fused-ring (bicyclic) bond motifs is 8. The largest absolute Gasteiger partial charge is 0.453 e. The molecule has 0 amide bonds. The summed E-state index contributed by atoms with van der Waals surface area (Å²) < 4.78 is 26.8. The van der Waals surface area contributed by atoms with Crippen LogP contribution in [0.1, 0.15) is 115 Å². The standard InChI is InChI=1S/C24H26N6O2.C23H25N5O2.C22H23ClN6O2.C22H23N5O3/c1-15-11-30-22(16(2)25-15)9-21(27-30)20-10-24(31)29-12-18(3-4-23(29)26-20)17-5-7-28(8-6-17)19-13-32-14-19;1-4-26-7-9-27(10-8-26)18-5-6-21-25-19(13-22(29)28(21)14-18)20-12-17-11-15(2)24-16(3)23(17)30-20;1-14-11-28-12-16(8-17(23)22(28)25-14)18-9-21(31)29-13-19(24-10-20(29)26-18)15-2-4-27(5-3-15)6-7-30;1-14-23-18-3-2-16(12-20(18)30-14)19-13-22(29)27-21(24-19)5-4-17(25-27)15-6-8-26(9-7-15)10-11-28/h3-4,9-12,17,19H,5-8,13-14H2,1-2H3;5-6,11-14H,4,7-10H2,1-3H3;8-13,15,30H,2-7H2,1H3;2-5,12-13,15,28H,6-11H2,1H3. The predicted molar refractivity (Wildman–Crippen MR) is 471 cm³/mol. The van der Waals surface area contributed by atoms with Gasteiger partial charge in [-0.2, -0.15) is 14.7 Å². The first kappa shape index (κ1) is 81.8. The SMILES string of the molecule is CCN1CCN(c2ccc3nc(-c4cc5cc(C)nc(C)c5o4)cc(=O)n3c2)CC1.Cc1cn2cc(-c3cc(=O)n4cc(C5CCN(CCO)CC5)ncc4n3)cc(Cl)c2n1.Cc1cn2nc(-c3cc(=O)n4cc(C5CCN(C6COC6)CC5)ccc4n3)cc2c(C)n1.Cc1nc2ccc(-c3cc(=O)n4nc(C5CCN(CCO)CC5)ccc4n3)cc2o1. The maximum Gasteiger partial charge on any atom is 0.275 e. The molecule has 20 heterocycles. The van der Waals surface area contributed by atoms with E-state index >= 15 is 0 Å². The van der Waals surface area contributed by atoms with Crippen molar-refractivity contribution in [2.75, 3.05) is 116 Å². The van der Waals surface area contributed by atoms with Crippen LogP contribution in [0.4, 0.5) is 5.69 Å². The summed E-state index contributed by atoms with van der Waals surface area (Å²) in [6, 6.07) is 31.9. The Hall–Kier alpha value is -12.2. The Labute approximate surface area is 711 Å². The first-order valence-electron chi connectivity index (χ1n) is 42.3. The molecule has 31 nitrogen and oxygen atoms in total. The summed E-state index contributed by atoms with van der Waals surface area (Å²) in [5.74, 6) is 2.28. The van der Waals surface area contributed by atoms with Crippen molar-refractivity contribution < 1.29 is 23.8 Å². The summed E-state index contributed by atoms with van der Waals surface area (Å²) in [7, 11) is 0. The van der Waals surface area contributed by atoms with E-state index in [-0.39, 0.29) is 35.5 Å². The molecule has 0 saturated carbocycles. The highest BCUT2D eigenvalue weighted by Crippen LogP contribution is 2.35. The number of furan rings is 1. The number of aliphatic hydroxyl groups excluding tert-OH is 2. The second-order valence-electron chi connectivity index (χ2n) is 32.7. The minimum atomic E-state index is -0.205. The Kier molecular flexibility index (Phi) is 23.3. The molecule has 0 spiro atoms. The van der Waals surface area contributed by atoms with E-state index in [2.05, 4.69) is 87.6 Å². The number of benzene rings is 1. The zero-order chi connectivity index (χ0) is 84.8. The molecule has 5 aliphatic rings. The molecule has 0 aliphatic carbocycles. The molecular weight excluding hydrogens is 1580 g/mol. The molecule has 0 unspecified atom stereocenters. The maximum atomic E-state index is 13.0. The zero-order valence-corrected chi connectivity index (χ0v) is 70.7. The minimum absolute atomic E-state index is 0.0843. The third-order valence-electron chi connectivity index (χ3n) is 24.4. The summed E-state index contributed by atoms with van der Waals surface area (Å²) in [5, 5.41) is 28.9. The zero-order valence-electron chi connectivity index (χ0n) is 69.9. The van der Waals surface area contributed by atoms with Gasteiger partial charge in [0.25, 0.3) is 22.2 Å². The topological polar surface area (TPSA) is 329 Å². The lowest BCUT2D eigenvalue weighted by Crippen LogP contribution is -2.51. The summed E-state index contributed by atoms with van der Waals surface area (Å²) in [4.78, 5) is 104. The number of aryl methyl sites for hydroxylation is 6. The molecule has 5 fully saturated rings. The number of likely N-dealkylation sites (tertiary alicyclic amines) is 3. The van der Waals surface area contributed by atoms with E-state index in [1.54, 1.807) is 44.5 Å². The van der Waals surface area contributed by atoms with Gasteiger partial charge in [-0.3, -0.25) is 52.2 Å². The Balaban J connectivity index is 0.000000112. The fraction of sp³-hybridized carbons (Fsp3) is 0.374. The van der Waals surface area contributed by atoms with Gasteiger partial charge < -0.3 is 47.8 Å². The molecule has 15 aromatic heterocycles. The van der Waals surface area contributed by atoms with Gasteiger partial charge in [-0.25, -0.2) is 34.4 Å². The average molecular weight is 1680 g/mol. The molecule has 5 saturated heterocycles. The summed E-state index contributed by atoms with van der Waals surface area (Å²) in [6.45, 7) is 28.2. The van der Waals surface area contributed by atoms with Crippen LogP contribution in [0.2, 0.25) is 5.02 Å². The Morgan fingerprint density at radius 2 is 1.11 bits per heavy atom. The maximum absolute atomic E-state index is 13.0. The van der Waals surface area contributed by atoms with Crippen molar-refractivity contribution in [3.8, 4) is 45.4 Å². The first-order chi connectivity index (χ1) is 59.7. The number of likely N-dealkylation sites (N-methyl/N-ethyl adjacent to an activating group) is 1. The third-order valence-corrected chi connectivity index (χ3v) is 24.7. The van der Waals surface area contributed by atoms with E-state index in [9.17, 15) is 19.2 Å². The van der Waals surface area contributed by atoms with E-state index in [4.69, 9.17) is 40.4 Å². The van der Waals surface area contributed by atoms with Gasteiger partial charge in [0.15, 0.2) is 39.8 Å². The van der Waals surface area contributed by atoms with Gasteiger partial charge in [-0.05, 0) is 197 Å². The van der Waals surface area contributed by atoms with E-state index in [0.717, 1.165) is 202 Å². The first-order valence-corrected chi connectivity index (χ1v) is 42.6. The smallest absolute Gasteiger partial charge is 0.275 e. The van der Waals surface area contributed by atoms with Crippen LogP contribution >= 0.6 is 11.6 Å². The molecule has 5 aliphatic heterocycles. The molecule has 0 bridgehead atoms. The highest BCUT2D eigenvalue weighted by atomic mass is 35.5. The number of oxazole rings is 1. The number of hydrogen-bond acceptors (Lipinski definition) is 25. The van der Waals surface area contributed by atoms with Gasteiger partial charge in [0.05, 0.1) is 112 Å². The molecule has 1 aromatic carbocycles. The monoisotopic (exact) mass is 1680 g/mol. The molecule has 21 rings (SSSR count). The van der Waals surface area contributed by atoms with Crippen molar-refractivity contribution in [3.05, 3.63) is 244 Å². The van der Waals surface area contributed by atoms with Crippen LogP contribution in [0, 0.1) is 41.5 Å². The lowest BCUT2D eigenvalue weighted by molar-refractivity contribution is -0.0712. The minimum Gasteiger partial charge on any atom is -0.453 e. The van der Waals surface area contributed by atoms with Crippen LogP contribution in [0.15, 0.2) is 175 Å². The molecule has 2 N–H and O–H groups in total. The lowest BCUT2D eigenvalue weighted by Gasteiger charge is -2.41. The Morgan fingerprint density at radius 3 is 1.82 bits per heavy atom. The van der Waals surface area contributed by atoms with Gasteiger partial charge in [-0.1, -0.05) is 30.7 Å². The molecule has 16 aromatic rings. The number of rotatable bonds is 14. The number of pyridine rings is 4. The third kappa shape index (κ3) is 17.4. The summed E-state index contributed by atoms with van der Waals surface area (Å²) in [6.07, 6.45) is 19.1. The second kappa shape index (κ2) is 35.0. The van der Waals surface area contributed by atoms with Crippen molar-refractivity contribution in [3.63, 3.8) is 0 Å². The van der Waals surface area contributed by atoms with E-state index in [0.29, 0.717) is 116 Å². The van der Waals surface area contributed by atoms with Crippen LogP contribution in [0.3, 0.4) is 0 Å². The number of imidazole rings is 1. The van der Waals surface area contributed by atoms with Crippen LogP contribution in [0.5, 0.6) is 0 Å². The van der Waals surface area contributed by atoms with Crippen LogP contribution in [-0.2, 0) is 4.74 Å². The molecule has 0 radical (unpaired) electrons. The van der Waals surface area contributed by atoms with Crippen molar-refractivity contribution >= 4 is 73.1 Å². The Morgan fingerprint density at radius 1 is 0.480 bits per heavy atom. The fourth-order valence-electron chi connectivity index (χ4n) is 17.6. The number of ether oxygens (including phenoxy) is 1. The van der Waals surface area contributed by atoms with Gasteiger partial charge in [-0.15, -0.1) is 0 Å². The number of piperidine rings is 3. The number of β-amino-alcohol motifs (C(OH)–C–C–N with tert-alkyl or cyclic N) is 2. The fourth-order valence-corrected chi connectivity index (χ4v) is 17.9. The average Bonchev–Trinajstić information content (AvgIpc) is 1.64. The molecule has 632 valence electrons. The number of nitrogens with zero attached hydrogens (tertiary/aromatic N) is 22. The normalized spacial score (nSPS) is 16.4. The Bertz CT molecular complexity index is 6920. The van der Waals surface area contributed by atoms with Crippen molar-refractivity contribution in [1.82, 2.24) is 101 Å². The van der Waals surface area contributed by atoms with E-state index in [1.807, 2.05) is 147 Å². The van der Waals surface area contributed by atoms with Gasteiger partial charge in [0.1, 0.15) is 28.2 Å². The van der Waals surface area contributed by atoms with Crippen molar-refractivity contribution in [2.24, 2.45) is 0 Å². The van der Waals surface area contributed by atoms with Crippen molar-refractivity contribution in [1.29, 1.82) is 0 Å². The van der Waals surface area contributed by atoms with E-state index < -0.39 is 0 Å². The highest BCUT2D eigenvalue weighted by Gasteiger charge is 2.32. The predicted octanol–water partition coefficient (Wildman–Crippen LogP) is 10.8. The van der Waals surface area contributed by atoms with Gasteiger partial charge in [0, 0.05) is 135 Å². The second-order valence-corrected chi connectivity index (χ2v) is 33.1. The summed E-state index contributed by atoms with van der Waals surface area (Å²) >= 11 is 6.40. The molecule has 123 heavy (non-hydrogen) atoms. The number of hydrogen-bond donors (Lipinski definition) is 2. The lowest BCUT2D eigenvalue weighted by atomic mass is 9.89. The van der Waals surface area contributed by atoms with Crippen LogP contribution in [0.25, 0.3) is 101 Å². The summed E-state index contributed by atoms with van der Waals surface area (Å²) in [5.41, 5.74) is 18.5. The van der Waals surface area contributed by atoms with Gasteiger partial charge >= 0.3 is 0 Å². The van der Waals surface area contributed by atoms with E-state index in [1.165, 1.54) is 22.2 Å². The highest BCUT2D eigenvalue weighted by molar-refractivity contribution is 6.33. The molecular formula is C91H97ClN22O9. The van der Waals surface area contributed by atoms with Crippen LogP contribution in [-0.4, -0.2) is 229 Å². The number of aliphatic hydroxyl groups is 2. The number of aromatic nitrogens is 17. The molecule has 32 heteroatoms. The number of piperazine rings is 1. The quantitative estimate of drug-likeness (QED) is 0.102. The number of anilines is 1. The van der Waals surface area contributed by atoms with Crippen LogP contribution < -0.4 is 27.1 Å². The van der Waals surface area contributed by atoms with Gasteiger partial charge in [0.2, 0.25) is 0 Å². The molecule has 0 atom stereocenters.